The highest BCUT2D eigenvalue weighted by Gasteiger charge is 2.39. The van der Waals surface area contributed by atoms with Crippen molar-refractivity contribution in [3.8, 4) is 0 Å². The largest absolute Gasteiger partial charge is 0.444 e. The Morgan fingerprint density at radius 3 is 2.76 bits per heavy atom. The number of benzene rings is 1. The van der Waals surface area contributed by atoms with Crippen LogP contribution in [0.5, 0.6) is 0 Å². The molecule has 3 rings (SSSR count). The number of nitrogens with one attached hydrogen (secondary N) is 2. The summed E-state index contributed by atoms with van der Waals surface area (Å²) in [5.74, 6) is 0. The van der Waals surface area contributed by atoms with Crippen LogP contribution in [0, 0.1) is 0 Å². The fourth-order valence-corrected chi connectivity index (χ4v) is 4.46. The molecule has 9 nitrogen and oxygen atoms in total. The molecule has 0 radical (unpaired) electrons. The molecule has 1 saturated heterocycles. The zero-order valence-corrected chi connectivity index (χ0v) is 17.3. The van der Waals surface area contributed by atoms with E-state index < -0.39 is 33.9 Å². The Bertz CT molecular complexity index is 1020. The first-order chi connectivity index (χ1) is 13.6. The molecule has 1 aromatic carbocycles. The van der Waals surface area contributed by atoms with Crippen LogP contribution < -0.4 is 10.0 Å². The molecule has 2 aromatic rings. The molecule has 2 amide bonds. The van der Waals surface area contributed by atoms with Crippen molar-refractivity contribution in [3.63, 3.8) is 0 Å². The number of carbonyl (C=O) groups is 2. The predicted octanol–water partition coefficient (Wildman–Crippen LogP) is 1.59. The quantitative estimate of drug-likeness (QED) is 0.710. The molecule has 2 N–H and O–H groups in total. The molecule has 1 aromatic heterocycles. The fourth-order valence-electron chi connectivity index (χ4n) is 3.19. The van der Waals surface area contributed by atoms with Gasteiger partial charge in [-0.15, -0.1) is 0 Å². The molecular weight excluding hydrogens is 396 g/mol. The number of ether oxygens (including phenoxy) is 1. The Morgan fingerprint density at radius 1 is 1.31 bits per heavy atom. The van der Waals surface area contributed by atoms with Crippen LogP contribution in [0.4, 0.5) is 4.79 Å². The SMILES string of the molecule is CC(C)(C)OC(=O)N1C[C@H](NS(=O)(=O)c2ccc3ncccc3c2)C[C@H]1NC=O. The van der Waals surface area contributed by atoms with Crippen molar-refractivity contribution >= 4 is 33.4 Å². The Hall–Kier alpha value is -2.72. The molecule has 0 aliphatic carbocycles. The maximum Gasteiger partial charge on any atom is 0.411 e. The van der Waals surface area contributed by atoms with Crippen molar-refractivity contribution in [2.45, 2.75) is 49.9 Å². The highest BCUT2D eigenvalue weighted by atomic mass is 32.2. The van der Waals surface area contributed by atoms with E-state index >= 15 is 0 Å². The number of hydrogen-bond acceptors (Lipinski definition) is 6. The summed E-state index contributed by atoms with van der Waals surface area (Å²) in [6.07, 6.45) is 1.08. The Morgan fingerprint density at radius 2 is 2.07 bits per heavy atom. The number of fused-ring (bicyclic) bond motifs is 1. The summed E-state index contributed by atoms with van der Waals surface area (Å²) in [7, 11) is -3.83. The number of sulfonamides is 1. The first-order valence-electron chi connectivity index (χ1n) is 9.15. The second-order valence-corrected chi connectivity index (χ2v) is 9.56. The highest BCUT2D eigenvalue weighted by molar-refractivity contribution is 7.89. The van der Waals surface area contributed by atoms with Crippen LogP contribution in [0.15, 0.2) is 41.4 Å². The van der Waals surface area contributed by atoms with E-state index in [9.17, 15) is 18.0 Å². The Balaban J connectivity index is 1.77. The van der Waals surface area contributed by atoms with Crippen molar-refractivity contribution < 1.29 is 22.7 Å². The van der Waals surface area contributed by atoms with Crippen LogP contribution in [0.25, 0.3) is 10.9 Å². The third kappa shape index (κ3) is 5.01. The summed E-state index contributed by atoms with van der Waals surface area (Å²) in [5.41, 5.74) is -0.0156. The normalized spacial score (nSPS) is 19.9. The zero-order chi connectivity index (χ0) is 21.2. The molecule has 10 heteroatoms. The standard InChI is InChI=1S/C19H24N4O5S/c1-19(2,3)28-18(25)23-11-14(10-17(23)21-12-24)22-29(26,27)15-6-7-16-13(9-15)5-4-8-20-16/h4-9,12,14,17,22H,10-11H2,1-3H3,(H,21,24)/t14-,17+/m1/s1. The van der Waals surface area contributed by atoms with E-state index in [1.165, 1.54) is 11.0 Å². The van der Waals surface area contributed by atoms with Gasteiger partial charge < -0.3 is 10.1 Å². The first-order valence-corrected chi connectivity index (χ1v) is 10.6. The molecule has 1 aliphatic heterocycles. The van der Waals surface area contributed by atoms with Crippen molar-refractivity contribution in [1.29, 1.82) is 0 Å². The molecule has 1 fully saturated rings. The maximum atomic E-state index is 12.8. The van der Waals surface area contributed by atoms with Gasteiger partial charge >= 0.3 is 6.09 Å². The second kappa shape index (κ2) is 7.96. The Kier molecular flexibility index (Phi) is 5.76. The lowest BCUT2D eigenvalue weighted by molar-refractivity contribution is -0.110. The maximum absolute atomic E-state index is 12.8. The van der Waals surface area contributed by atoms with E-state index in [1.807, 2.05) is 0 Å². The number of hydrogen-bond donors (Lipinski definition) is 2. The summed E-state index contributed by atoms with van der Waals surface area (Å²) in [6.45, 7) is 5.28. The fraction of sp³-hybridized carbons (Fsp3) is 0.421. The Labute approximate surface area is 169 Å². The van der Waals surface area contributed by atoms with Gasteiger partial charge in [0, 0.05) is 30.6 Å². The number of nitrogens with zero attached hydrogens (tertiary/aromatic N) is 2. The van der Waals surface area contributed by atoms with Crippen LogP contribution in [0.2, 0.25) is 0 Å². The van der Waals surface area contributed by atoms with Gasteiger partial charge in [0.25, 0.3) is 0 Å². The van der Waals surface area contributed by atoms with Gasteiger partial charge in [0.15, 0.2) is 0 Å². The first kappa shape index (κ1) is 21.0. The number of likely N-dealkylation sites (tertiary alicyclic amines) is 1. The van der Waals surface area contributed by atoms with E-state index in [4.69, 9.17) is 4.74 Å². The van der Waals surface area contributed by atoms with Crippen LogP contribution in [-0.4, -0.2) is 55.2 Å². The number of pyridine rings is 1. The monoisotopic (exact) mass is 420 g/mol. The molecule has 1 aliphatic rings. The molecule has 0 unspecified atom stereocenters. The van der Waals surface area contributed by atoms with Crippen molar-refractivity contribution in [1.82, 2.24) is 19.9 Å². The third-order valence-electron chi connectivity index (χ3n) is 4.40. The van der Waals surface area contributed by atoms with E-state index in [1.54, 1.807) is 51.2 Å². The van der Waals surface area contributed by atoms with E-state index in [2.05, 4.69) is 15.0 Å². The van der Waals surface area contributed by atoms with Crippen molar-refractivity contribution in [2.75, 3.05) is 6.54 Å². The van der Waals surface area contributed by atoms with Gasteiger partial charge in [-0.1, -0.05) is 6.07 Å². The minimum absolute atomic E-state index is 0.0782. The minimum Gasteiger partial charge on any atom is -0.444 e. The molecule has 2 heterocycles. The van der Waals surface area contributed by atoms with E-state index in [0.717, 1.165) is 0 Å². The third-order valence-corrected chi connectivity index (χ3v) is 5.91. The highest BCUT2D eigenvalue weighted by Crippen LogP contribution is 2.22. The number of amides is 2. The van der Waals surface area contributed by atoms with Gasteiger partial charge in [-0.05, 0) is 45.0 Å². The smallest absolute Gasteiger partial charge is 0.411 e. The van der Waals surface area contributed by atoms with Crippen LogP contribution in [0.3, 0.4) is 0 Å². The van der Waals surface area contributed by atoms with Gasteiger partial charge in [0.05, 0.1) is 10.4 Å². The average Bonchev–Trinajstić information content (AvgIpc) is 3.02. The van der Waals surface area contributed by atoms with Crippen LogP contribution >= 0.6 is 0 Å². The summed E-state index contributed by atoms with van der Waals surface area (Å²) < 4.78 is 33.7. The van der Waals surface area contributed by atoms with Gasteiger partial charge in [-0.25, -0.2) is 17.9 Å². The summed E-state index contributed by atoms with van der Waals surface area (Å²) >= 11 is 0. The lowest BCUT2D eigenvalue weighted by atomic mass is 10.2. The van der Waals surface area contributed by atoms with Crippen LogP contribution in [-0.2, 0) is 19.6 Å². The lowest BCUT2D eigenvalue weighted by Gasteiger charge is -2.28. The van der Waals surface area contributed by atoms with E-state index in [-0.39, 0.29) is 17.9 Å². The van der Waals surface area contributed by atoms with Gasteiger partial charge in [0.1, 0.15) is 11.8 Å². The average molecular weight is 420 g/mol. The predicted molar refractivity (Wildman–Crippen MR) is 106 cm³/mol. The van der Waals surface area contributed by atoms with Gasteiger partial charge in [-0.2, -0.15) is 0 Å². The van der Waals surface area contributed by atoms with E-state index in [0.29, 0.717) is 17.3 Å². The topological polar surface area (TPSA) is 118 Å². The number of rotatable bonds is 5. The molecular formula is C19H24N4O5S. The molecule has 0 spiro atoms. The summed E-state index contributed by atoms with van der Waals surface area (Å²) in [4.78, 5) is 29.0. The number of aromatic nitrogens is 1. The molecule has 156 valence electrons. The molecule has 0 bridgehead atoms. The summed E-state index contributed by atoms with van der Waals surface area (Å²) in [5, 5.41) is 3.25. The molecule has 29 heavy (non-hydrogen) atoms. The second-order valence-electron chi connectivity index (χ2n) is 7.84. The molecule has 0 saturated carbocycles. The molecule has 2 atom stereocenters. The van der Waals surface area contributed by atoms with Gasteiger partial charge in [-0.3, -0.25) is 14.7 Å². The number of carbonyl (C=O) groups excluding carboxylic acids is 2. The minimum atomic E-state index is -3.83. The van der Waals surface area contributed by atoms with Crippen molar-refractivity contribution in [2.24, 2.45) is 0 Å². The zero-order valence-electron chi connectivity index (χ0n) is 16.5. The summed E-state index contributed by atoms with van der Waals surface area (Å²) in [6, 6.07) is 7.62. The lowest BCUT2D eigenvalue weighted by Crippen LogP contribution is -2.46. The van der Waals surface area contributed by atoms with Gasteiger partial charge in [0.2, 0.25) is 16.4 Å². The van der Waals surface area contributed by atoms with Crippen LogP contribution in [0.1, 0.15) is 27.2 Å². The van der Waals surface area contributed by atoms with Crippen molar-refractivity contribution in [3.05, 3.63) is 36.5 Å².